The summed E-state index contributed by atoms with van der Waals surface area (Å²) in [5.41, 5.74) is 0.824. The molecule has 1 saturated carbocycles. The molecule has 0 aromatic rings. The molecule has 5 rings (SSSR count). The van der Waals surface area contributed by atoms with Crippen molar-refractivity contribution in [1.82, 2.24) is 19.6 Å². The van der Waals surface area contributed by atoms with Crippen molar-refractivity contribution < 1.29 is 0 Å². The van der Waals surface area contributed by atoms with Crippen LogP contribution in [0, 0.1) is 5.41 Å². The Bertz CT molecular complexity index is 502. The van der Waals surface area contributed by atoms with Gasteiger partial charge in [0, 0.05) is 37.3 Å². The number of hydrogen-bond acceptors (Lipinski definition) is 4. The third-order valence-corrected chi connectivity index (χ3v) is 8.83. The van der Waals surface area contributed by atoms with Gasteiger partial charge in [0.05, 0.1) is 0 Å². The first-order valence-corrected chi connectivity index (χ1v) is 15.1. The van der Waals surface area contributed by atoms with E-state index >= 15 is 0 Å². The zero-order valence-electron chi connectivity index (χ0n) is 24.6. The fraction of sp³-hybridized carbons (Fsp3) is 1.00. The van der Waals surface area contributed by atoms with Crippen molar-refractivity contribution in [1.29, 1.82) is 0 Å². The Morgan fingerprint density at radius 2 is 0.706 bits per heavy atom. The first-order chi connectivity index (χ1) is 16.1. The standard InChI is InChI=1S/C9H17N.C8H17N.C7H15N.C6H13N/c1-8(2)10-6-9(7-10)4-3-5-9;1-8(2)9-6-4-3-5-7-9;1-7(2)8-5-3-4-6-8;1-6(2)7-4-3-5-7/h8H,3-7H2,1-2H3;8H,3-7H2,1-2H3;7H,3-6H2,1-2H3;6H,3-5H2,1-2H3. The lowest BCUT2D eigenvalue weighted by atomic mass is 9.63. The van der Waals surface area contributed by atoms with Gasteiger partial charge < -0.3 is 14.7 Å². The second-order valence-corrected chi connectivity index (χ2v) is 12.9. The Morgan fingerprint density at radius 3 is 0.912 bits per heavy atom. The summed E-state index contributed by atoms with van der Waals surface area (Å²) in [4.78, 5) is 10.1. The molecule has 5 fully saturated rings. The molecule has 202 valence electrons. The van der Waals surface area contributed by atoms with Crippen LogP contribution in [0.25, 0.3) is 0 Å². The smallest absolute Gasteiger partial charge is 0.00532 e. The molecule has 0 N–H and O–H groups in total. The molecule has 0 aromatic heterocycles. The van der Waals surface area contributed by atoms with Crippen LogP contribution < -0.4 is 0 Å². The molecule has 4 nitrogen and oxygen atoms in total. The number of hydrogen-bond donors (Lipinski definition) is 0. The van der Waals surface area contributed by atoms with Crippen molar-refractivity contribution >= 4 is 0 Å². The van der Waals surface area contributed by atoms with Crippen LogP contribution >= 0.6 is 0 Å². The lowest BCUT2D eigenvalue weighted by molar-refractivity contribution is -0.0758. The van der Waals surface area contributed by atoms with E-state index in [1.54, 1.807) is 0 Å². The highest BCUT2D eigenvalue weighted by Crippen LogP contribution is 2.48. The predicted molar refractivity (Wildman–Crippen MR) is 151 cm³/mol. The quantitative estimate of drug-likeness (QED) is 0.466. The summed E-state index contributed by atoms with van der Waals surface area (Å²) in [5, 5.41) is 0. The maximum absolute atomic E-state index is 2.58. The molecule has 4 aliphatic heterocycles. The number of piperidine rings is 1. The molecule has 0 radical (unpaired) electrons. The molecule has 1 aliphatic carbocycles. The van der Waals surface area contributed by atoms with Gasteiger partial charge in [-0.3, -0.25) is 4.90 Å². The van der Waals surface area contributed by atoms with Crippen molar-refractivity contribution in [2.75, 3.05) is 52.4 Å². The molecule has 0 atom stereocenters. The molecule has 5 aliphatic rings. The van der Waals surface area contributed by atoms with Crippen LogP contribution in [0.3, 0.4) is 0 Å². The summed E-state index contributed by atoms with van der Waals surface area (Å²) in [5.74, 6) is 0. The first kappa shape index (κ1) is 30.1. The summed E-state index contributed by atoms with van der Waals surface area (Å²) >= 11 is 0. The third kappa shape index (κ3) is 10.1. The topological polar surface area (TPSA) is 13.0 Å². The van der Waals surface area contributed by atoms with Gasteiger partial charge >= 0.3 is 0 Å². The normalized spacial score (nSPS) is 25.1. The Kier molecular flexibility index (Phi) is 13.4. The summed E-state index contributed by atoms with van der Waals surface area (Å²) in [6.07, 6.45) is 13.0. The van der Waals surface area contributed by atoms with Crippen LogP contribution in [0.1, 0.15) is 113 Å². The maximum atomic E-state index is 2.58. The van der Waals surface area contributed by atoms with Gasteiger partial charge in [0.2, 0.25) is 0 Å². The van der Waals surface area contributed by atoms with Crippen molar-refractivity contribution in [2.24, 2.45) is 5.41 Å². The van der Waals surface area contributed by atoms with E-state index in [0.29, 0.717) is 0 Å². The molecule has 0 bridgehead atoms. The molecule has 1 spiro atoms. The van der Waals surface area contributed by atoms with Crippen LogP contribution in [0.4, 0.5) is 0 Å². The van der Waals surface area contributed by atoms with Gasteiger partial charge in [0.25, 0.3) is 0 Å². The highest BCUT2D eigenvalue weighted by molar-refractivity contribution is 5.01. The molecule has 34 heavy (non-hydrogen) atoms. The van der Waals surface area contributed by atoms with Crippen molar-refractivity contribution in [3.63, 3.8) is 0 Å². The van der Waals surface area contributed by atoms with Crippen LogP contribution in [0.5, 0.6) is 0 Å². The van der Waals surface area contributed by atoms with E-state index < -0.39 is 0 Å². The lowest BCUT2D eigenvalue weighted by Crippen LogP contribution is -2.61. The van der Waals surface area contributed by atoms with E-state index in [0.717, 1.165) is 29.6 Å². The average Bonchev–Trinajstić information content (AvgIpc) is 3.21. The summed E-state index contributed by atoms with van der Waals surface area (Å²) in [7, 11) is 0. The first-order valence-electron chi connectivity index (χ1n) is 15.1. The fourth-order valence-corrected chi connectivity index (χ4v) is 5.72. The van der Waals surface area contributed by atoms with Crippen LogP contribution in [0.15, 0.2) is 0 Å². The highest BCUT2D eigenvalue weighted by atomic mass is 15.2. The van der Waals surface area contributed by atoms with Gasteiger partial charge in [-0.15, -0.1) is 0 Å². The summed E-state index contributed by atoms with van der Waals surface area (Å²) < 4.78 is 0. The zero-order chi connectivity index (χ0) is 25.1. The summed E-state index contributed by atoms with van der Waals surface area (Å²) in [6, 6.07) is 3.11. The van der Waals surface area contributed by atoms with E-state index in [1.807, 2.05) is 0 Å². The van der Waals surface area contributed by atoms with Gasteiger partial charge in [0.1, 0.15) is 0 Å². The largest absolute Gasteiger partial charge is 0.301 e. The molecule has 4 saturated heterocycles. The molecule has 4 heterocycles. The molecule has 0 aromatic carbocycles. The van der Waals surface area contributed by atoms with Crippen molar-refractivity contribution in [3.8, 4) is 0 Å². The number of nitrogens with zero attached hydrogens (tertiary/aromatic N) is 4. The third-order valence-electron chi connectivity index (χ3n) is 8.83. The van der Waals surface area contributed by atoms with Gasteiger partial charge in [-0.1, -0.05) is 12.8 Å². The Balaban J connectivity index is 0.000000162. The summed E-state index contributed by atoms with van der Waals surface area (Å²) in [6.45, 7) is 29.0. The van der Waals surface area contributed by atoms with Crippen LogP contribution in [-0.4, -0.2) is 96.1 Å². The van der Waals surface area contributed by atoms with E-state index in [1.165, 1.54) is 110 Å². The maximum Gasteiger partial charge on any atom is 0.00532 e. The monoisotopic (exact) mass is 478 g/mol. The minimum absolute atomic E-state index is 0.769. The van der Waals surface area contributed by atoms with Crippen LogP contribution in [0.2, 0.25) is 0 Å². The number of rotatable bonds is 4. The minimum Gasteiger partial charge on any atom is -0.301 e. The van der Waals surface area contributed by atoms with Crippen molar-refractivity contribution in [3.05, 3.63) is 0 Å². The van der Waals surface area contributed by atoms with E-state index in [4.69, 9.17) is 0 Å². The predicted octanol–water partition coefficient (Wildman–Crippen LogP) is 6.35. The Hall–Kier alpha value is -0.160. The highest BCUT2D eigenvalue weighted by Gasteiger charge is 2.47. The molecule has 0 unspecified atom stereocenters. The molecular formula is C30H62N4. The van der Waals surface area contributed by atoms with Crippen LogP contribution in [-0.2, 0) is 0 Å². The SMILES string of the molecule is CC(C)N1CC2(CCC2)C1.CC(C)N1CCC1.CC(C)N1CCCC1.CC(C)N1CCCCC1. The fourth-order valence-electron chi connectivity index (χ4n) is 5.72. The van der Waals surface area contributed by atoms with E-state index in [-0.39, 0.29) is 0 Å². The second kappa shape index (κ2) is 15.2. The number of likely N-dealkylation sites (tertiary alicyclic amines) is 4. The average molecular weight is 479 g/mol. The Labute approximate surface area is 214 Å². The zero-order valence-corrected chi connectivity index (χ0v) is 24.6. The van der Waals surface area contributed by atoms with E-state index in [9.17, 15) is 0 Å². The molecular weight excluding hydrogens is 416 g/mol. The molecule has 0 amide bonds. The minimum atomic E-state index is 0.769. The van der Waals surface area contributed by atoms with Gasteiger partial charge in [-0.25, -0.2) is 0 Å². The van der Waals surface area contributed by atoms with Gasteiger partial charge in [-0.05, 0) is 145 Å². The second-order valence-electron chi connectivity index (χ2n) is 12.9. The van der Waals surface area contributed by atoms with Gasteiger partial charge in [0.15, 0.2) is 0 Å². The van der Waals surface area contributed by atoms with Gasteiger partial charge in [-0.2, -0.15) is 0 Å². The molecule has 4 heteroatoms. The lowest BCUT2D eigenvalue weighted by Gasteiger charge is -2.57. The van der Waals surface area contributed by atoms with Crippen molar-refractivity contribution in [2.45, 2.75) is 137 Å². The van der Waals surface area contributed by atoms with E-state index in [2.05, 4.69) is 75.0 Å². The Morgan fingerprint density at radius 1 is 0.382 bits per heavy atom.